The summed E-state index contributed by atoms with van der Waals surface area (Å²) in [6.07, 6.45) is 5.26. The quantitative estimate of drug-likeness (QED) is 0.733. The Morgan fingerprint density at radius 1 is 1.33 bits per heavy atom. The molecule has 0 amide bonds. The minimum Gasteiger partial charge on any atom is -0.374 e. The highest BCUT2D eigenvalue weighted by Crippen LogP contribution is 2.18. The SMILES string of the molecule is CCCC(CCN)CCc1nc(C(C)OC)no1. The second-order valence-corrected chi connectivity index (χ2v) is 4.69. The van der Waals surface area contributed by atoms with Crippen LogP contribution in [0.3, 0.4) is 0 Å². The number of hydrogen-bond donors (Lipinski definition) is 1. The maximum absolute atomic E-state index is 5.62. The van der Waals surface area contributed by atoms with E-state index in [4.69, 9.17) is 15.0 Å². The van der Waals surface area contributed by atoms with Gasteiger partial charge in [0.15, 0.2) is 5.82 Å². The summed E-state index contributed by atoms with van der Waals surface area (Å²) in [5.41, 5.74) is 5.62. The molecule has 0 aromatic carbocycles. The number of nitrogens with two attached hydrogens (primary N) is 1. The van der Waals surface area contributed by atoms with Crippen LogP contribution in [0.15, 0.2) is 4.52 Å². The summed E-state index contributed by atoms with van der Waals surface area (Å²) in [6, 6.07) is 0. The van der Waals surface area contributed by atoms with Gasteiger partial charge in [-0.25, -0.2) is 0 Å². The maximum Gasteiger partial charge on any atom is 0.226 e. The van der Waals surface area contributed by atoms with Gasteiger partial charge in [0, 0.05) is 13.5 Å². The molecule has 0 bridgehead atoms. The topological polar surface area (TPSA) is 74.2 Å². The molecule has 2 N–H and O–H groups in total. The molecule has 1 rings (SSSR count). The first-order valence-electron chi connectivity index (χ1n) is 6.76. The van der Waals surface area contributed by atoms with E-state index in [2.05, 4.69) is 17.1 Å². The van der Waals surface area contributed by atoms with E-state index in [-0.39, 0.29) is 6.10 Å². The summed E-state index contributed by atoms with van der Waals surface area (Å²) in [5.74, 6) is 1.99. The normalized spacial score (nSPS) is 14.7. The molecule has 18 heavy (non-hydrogen) atoms. The third kappa shape index (κ3) is 4.74. The van der Waals surface area contributed by atoms with Crippen molar-refractivity contribution in [1.29, 1.82) is 0 Å². The molecular weight excluding hydrogens is 230 g/mol. The van der Waals surface area contributed by atoms with Crippen LogP contribution in [0.5, 0.6) is 0 Å². The Kier molecular flexibility index (Phi) is 6.90. The summed E-state index contributed by atoms with van der Waals surface area (Å²) >= 11 is 0. The maximum atomic E-state index is 5.62. The van der Waals surface area contributed by atoms with Gasteiger partial charge >= 0.3 is 0 Å². The van der Waals surface area contributed by atoms with E-state index < -0.39 is 0 Å². The Bertz CT molecular complexity index is 322. The van der Waals surface area contributed by atoms with Crippen LogP contribution in [0.25, 0.3) is 0 Å². The van der Waals surface area contributed by atoms with Crippen molar-refractivity contribution in [2.75, 3.05) is 13.7 Å². The molecule has 0 saturated carbocycles. The molecule has 5 heteroatoms. The van der Waals surface area contributed by atoms with Gasteiger partial charge < -0.3 is 15.0 Å². The molecule has 0 aliphatic carbocycles. The van der Waals surface area contributed by atoms with Crippen LogP contribution < -0.4 is 5.73 Å². The van der Waals surface area contributed by atoms with Gasteiger partial charge in [0.1, 0.15) is 6.10 Å². The number of aryl methyl sites for hydroxylation is 1. The van der Waals surface area contributed by atoms with E-state index in [1.54, 1.807) is 7.11 Å². The predicted octanol–water partition coefficient (Wildman–Crippen LogP) is 2.47. The lowest BCUT2D eigenvalue weighted by molar-refractivity contribution is 0.109. The van der Waals surface area contributed by atoms with Crippen molar-refractivity contribution in [2.24, 2.45) is 11.7 Å². The number of nitrogens with zero attached hydrogens (tertiary/aromatic N) is 2. The van der Waals surface area contributed by atoms with Crippen molar-refractivity contribution in [1.82, 2.24) is 10.1 Å². The standard InChI is InChI=1S/C13H25N3O2/c1-4-5-11(8-9-14)6-7-12-15-13(16-18-12)10(2)17-3/h10-11H,4-9,14H2,1-3H3. The summed E-state index contributed by atoms with van der Waals surface area (Å²) in [4.78, 5) is 4.34. The Labute approximate surface area is 109 Å². The number of ether oxygens (including phenoxy) is 1. The minimum absolute atomic E-state index is 0.113. The molecule has 1 aromatic rings. The fourth-order valence-corrected chi connectivity index (χ4v) is 2.04. The average molecular weight is 255 g/mol. The molecule has 0 aliphatic rings. The molecule has 1 aromatic heterocycles. The zero-order chi connectivity index (χ0) is 13.4. The highest BCUT2D eigenvalue weighted by Gasteiger charge is 2.14. The third-order valence-corrected chi connectivity index (χ3v) is 3.24. The molecule has 0 aliphatic heterocycles. The van der Waals surface area contributed by atoms with Crippen LogP contribution in [0.1, 0.15) is 57.3 Å². The zero-order valence-corrected chi connectivity index (χ0v) is 11.7. The van der Waals surface area contributed by atoms with Crippen molar-refractivity contribution in [3.63, 3.8) is 0 Å². The fraction of sp³-hybridized carbons (Fsp3) is 0.846. The van der Waals surface area contributed by atoms with Crippen molar-refractivity contribution < 1.29 is 9.26 Å². The van der Waals surface area contributed by atoms with E-state index in [1.165, 1.54) is 12.8 Å². The monoisotopic (exact) mass is 255 g/mol. The lowest BCUT2D eigenvalue weighted by atomic mass is 9.94. The van der Waals surface area contributed by atoms with Gasteiger partial charge in [-0.15, -0.1) is 0 Å². The van der Waals surface area contributed by atoms with Gasteiger partial charge in [0.25, 0.3) is 0 Å². The third-order valence-electron chi connectivity index (χ3n) is 3.24. The van der Waals surface area contributed by atoms with Crippen molar-refractivity contribution in [3.05, 3.63) is 11.7 Å². The van der Waals surface area contributed by atoms with E-state index in [9.17, 15) is 0 Å². The number of methoxy groups -OCH3 is 1. The smallest absolute Gasteiger partial charge is 0.226 e. The Hall–Kier alpha value is -0.940. The first-order chi connectivity index (χ1) is 8.71. The second kappa shape index (κ2) is 8.21. The van der Waals surface area contributed by atoms with Gasteiger partial charge in [-0.05, 0) is 32.2 Å². The van der Waals surface area contributed by atoms with Crippen LogP contribution in [0, 0.1) is 5.92 Å². The van der Waals surface area contributed by atoms with E-state index in [0.717, 1.165) is 25.8 Å². The summed E-state index contributed by atoms with van der Waals surface area (Å²) in [6.45, 7) is 4.86. The van der Waals surface area contributed by atoms with Gasteiger partial charge in [-0.3, -0.25) is 0 Å². The van der Waals surface area contributed by atoms with Gasteiger partial charge in [0.2, 0.25) is 5.89 Å². The summed E-state index contributed by atoms with van der Waals surface area (Å²) in [7, 11) is 1.64. The summed E-state index contributed by atoms with van der Waals surface area (Å²) in [5, 5.41) is 3.92. The molecule has 2 atom stereocenters. The van der Waals surface area contributed by atoms with E-state index in [1.807, 2.05) is 6.92 Å². The number of rotatable bonds is 9. The van der Waals surface area contributed by atoms with Crippen molar-refractivity contribution in [3.8, 4) is 0 Å². The number of aromatic nitrogens is 2. The van der Waals surface area contributed by atoms with E-state index in [0.29, 0.717) is 17.6 Å². The molecular formula is C13H25N3O2. The highest BCUT2D eigenvalue weighted by atomic mass is 16.5. The average Bonchev–Trinajstić information content (AvgIpc) is 2.84. The zero-order valence-electron chi connectivity index (χ0n) is 11.7. The van der Waals surface area contributed by atoms with Crippen molar-refractivity contribution >= 4 is 0 Å². The van der Waals surface area contributed by atoms with E-state index >= 15 is 0 Å². The van der Waals surface area contributed by atoms with Crippen LogP contribution in [-0.4, -0.2) is 23.8 Å². The highest BCUT2D eigenvalue weighted by molar-refractivity contribution is 4.90. The fourth-order valence-electron chi connectivity index (χ4n) is 2.04. The summed E-state index contributed by atoms with van der Waals surface area (Å²) < 4.78 is 10.4. The van der Waals surface area contributed by atoms with Crippen LogP contribution in [0.2, 0.25) is 0 Å². The first-order valence-corrected chi connectivity index (χ1v) is 6.76. The molecule has 0 radical (unpaired) electrons. The molecule has 0 saturated heterocycles. The molecule has 104 valence electrons. The Balaban J connectivity index is 2.44. The second-order valence-electron chi connectivity index (χ2n) is 4.69. The largest absolute Gasteiger partial charge is 0.374 e. The van der Waals surface area contributed by atoms with Crippen LogP contribution in [-0.2, 0) is 11.2 Å². The first kappa shape index (κ1) is 15.1. The van der Waals surface area contributed by atoms with Crippen molar-refractivity contribution in [2.45, 2.75) is 52.1 Å². The van der Waals surface area contributed by atoms with Crippen LogP contribution in [0.4, 0.5) is 0 Å². The van der Waals surface area contributed by atoms with Gasteiger partial charge in [-0.2, -0.15) is 4.98 Å². The molecule has 0 spiro atoms. The Morgan fingerprint density at radius 2 is 2.11 bits per heavy atom. The number of hydrogen-bond acceptors (Lipinski definition) is 5. The van der Waals surface area contributed by atoms with Gasteiger partial charge in [-0.1, -0.05) is 24.9 Å². The lowest BCUT2D eigenvalue weighted by Crippen LogP contribution is -2.10. The molecule has 1 heterocycles. The minimum atomic E-state index is -0.113. The molecule has 5 nitrogen and oxygen atoms in total. The lowest BCUT2D eigenvalue weighted by Gasteiger charge is -2.13. The molecule has 0 fully saturated rings. The molecule has 2 unspecified atom stereocenters. The van der Waals surface area contributed by atoms with Crippen LogP contribution >= 0.6 is 0 Å². The Morgan fingerprint density at radius 3 is 2.72 bits per heavy atom. The predicted molar refractivity (Wildman–Crippen MR) is 70.1 cm³/mol. The van der Waals surface area contributed by atoms with Gasteiger partial charge in [0.05, 0.1) is 0 Å².